The zero-order valence-corrected chi connectivity index (χ0v) is 8.81. The zero-order valence-electron chi connectivity index (χ0n) is 6.65. The van der Waals surface area contributed by atoms with Gasteiger partial charge >= 0.3 is 0 Å². The van der Waals surface area contributed by atoms with Crippen LogP contribution >= 0.6 is 22.6 Å². The van der Waals surface area contributed by atoms with Crippen molar-refractivity contribution in [3.63, 3.8) is 0 Å². The Morgan fingerprint density at radius 3 is 2.82 bits per heavy atom. The van der Waals surface area contributed by atoms with Gasteiger partial charge in [-0.1, -0.05) is 13.3 Å². The Kier molecular flexibility index (Phi) is 3.36. The van der Waals surface area contributed by atoms with Crippen LogP contribution in [0.2, 0.25) is 0 Å². The predicted molar refractivity (Wildman–Crippen MR) is 54.4 cm³/mol. The van der Waals surface area contributed by atoms with Crippen LogP contribution in [-0.2, 0) is 6.42 Å². The second-order valence-electron chi connectivity index (χ2n) is 2.56. The highest BCUT2D eigenvalue weighted by Gasteiger charge is 2.01. The predicted octanol–water partition coefficient (Wildman–Crippen LogP) is 2.54. The van der Waals surface area contributed by atoms with Crippen LogP contribution in [-0.4, -0.2) is 9.97 Å². The van der Waals surface area contributed by atoms with Crippen LogP contribution < -0.4 is 0 Å². The molecular weight excluding hydrogens is 251 g/mol. The van der Waals surface area contributed by atoms with Crippen molar-refractivity contribution in [1.82, 2.24) is 9.97 Å². The lowest BCUT2D eigenvalue weighted by Crippen LogP contribution is -1.86. The Balaban J connectivity index is 2.58. The first-order chi connectivity index (χ1) is 5.24. The molecule has 3 heteroatoms. The van der Waals surface area contributed by atoms with Gasteiger partial charge in [-0.25, -0.2) is 4.98 Å². The molecule has 0 amide bonds. The number of aromatic amines is 1. The summed E-state index contributed by atoms with van der Waals surface area (Å²) in [6.45, 7) is 6.00. The highest BCUT2D eigenvalue weighted by Crippen LogP contribution is 2.09. The average Bonchev–Trinajstić information content (AvgIpc) is 2.28. The van der Waals surface area contributed by atoms with E-state index in [0.29, 0.717) is 0 Å². The molecule has 0 bridgehead atoms. The third-order valence-corrected chi connectivity index (χ3v) is 2.44. The summed E-state index contributed by atoms with van der Waals surface area (Å²) in [5.41, 5.74) is 0.941. The van der Waals surface area contributed by atoms with Crippen LogP contribution in [0.5, 0.6) is 0 Å². The largest absolute Gasteiger partial charge is 0.345 e. The van der Waals surface area contributed by atoms with Crippen molar-refractivity contribution in [3.8, 4) is 0 Å². The van der Waals surface area contributed by atoms with E-state index in [0.717, 1.165) is 21.6 Å². The minimum atomic E-state index is 0.941. The molecule has 0 saturated heterocycles. The van der Waals surface area contributed by atoms with Crippen molar-refractivity contribution in [2.75, 3.05) is 0 Å². The van der Waals surface area contributed by atoms with Gasteiger partial charge in [-0.05, 0) is 35.9 Å². The van der Waals surface area contributed by atoms with E-state index in [1.54, 1.807) is 0 Å². The lowest BCUT2D eigenvalue weighted by Gasteiger charge is -1.91. The number of rotatable bonds is 3. The molecule has 61 valence electrons. The molecule has 1 N–H and O–H groups in total. The van der Waals surface area contributed by atoms with E-state index >= 15 is 0 Å². The first kappa shape index (κ1) is 9.03. The van der Waals surface area contributed by atoms with Crippen molar-refractivity contribution in [2.45, 2.75) is 26.2 Å². The molecule has 1 aromatic heterocycles. The monoisotopic (exact) mass is 263 g/mol. The van der Waals surface area contributed by atoms with Crippen molar-refractivity contribution in [2.24, 2.45) is 0 Å². The Bertz CT molecular complexity index is 210. The van der Waals surface area contributed by atoms with E-state index in [9.17, 15) is 0 Å². The van der Waals surface area contributed by atoms with E-state index in [4.69, 9.17) is 0 Å². The molecule has 0 saturated carbocycles. The number of aromatic nitrogens is 2. The van der Waals surface area contributed by atoms with E-state index in [2.05, 4.69) is 46.4 Å². The van der Waals surface area contributed by atoms with Crippen LogP contribution in [0, 0.1) is 10.6 Å². The minimum absolute atomic E-state index is 0.941. The van der Waals surface area contributed by atoms with Gasteiger partial charge in [-0.2, -0.15) is 0 Å². The number of hydrogen-bond donors (Lipinski definition) is 1. The topological polar surface area (TPSA) is 28.7 Å². The standard InChI is InChI=1S/C8H12IN2/c1-3-4-5-7-10-6(2)8(9)11-7/h2-5H2,1H3,(H,10,11). The number of H-pyrrole nitrogens is 1. The molecule has 0 fully saturated rings. The molecular formula is C8H12IN2. The van der Waals surface area contributed by atoms with Crippen LogP contribution in [0.15, 0.2) is 0 Å². The third-order valence-electron chi connectivity index (χ3n) is 1.54. The highest BCUT2D eigenvalue weighted by molar-refractivity contribution is 14.1. The van der Waals surface area contributed by atoms with E-state index in [-0.39, 0.29) is 0 Å². The smallest absolute Gasteiger partial charge is 0.122 e. The fourth-order valence-electron chi connectivity index (χ4n) is 0.902. The summed E-state index contributed by atoms with van der Waals surface area (Å²) in [7, 11) is 0. The number of nitrogens with zero attached hydrogens (tertiary/aromatic N) is 1. The molecule has 1 heterocycles. The summed E-state index contributed by atoms with van der Waals surface area (Å²) in [6, 6.07) is 0. The van der Waals surface area contributed by atoms with Gasteiger partial charge in [0, 0.05) is 12.1 Å². The SMILES string of the molecule is [CH2]c1[nH]c(CCCC)nc1I. The summed E-state index contributed by atoms with van der Waals surface area (Å²) >= 11 is 2.19. The lowest BCUT2D eigenvalue weighted by atomic mass is 10.2. The van der Waals surface area contributed by atoms with E-state index in [1.807, 2.05) is 0 Å². The molecule has 0 aliphatic rings. The quantitative estimate of drug-likeness (QED) is 0.834. The molecule has 0 spiro atoms. The van der Waals surface area contributed by atoms with Gasteiger partial charge in [0.05, 0.1) is 0 Å². The third kappa shape index (κ3) is 2.47. The van der Waals surface area contributed by atoms with Crippen LogP contribution in [0.25, 0.3) is 0 Å². The first-order valence-electron chi connectivity index (χ1n) is 3.80. The van der Waals surface area contributed by atoms with Crippen molar-refractivity contribution < 1.29 is 0 Å². The number of imidazole rings is 1. The Hall–Kier alpha value is -0.0600. The van der Waals surface area contributed by atoms with Gasteiger partial charge in [0.25, 0.3) is 0 Å². The van der Waals surface area contributed by atoms with E-state index < -0.39 is 0 Å². The molecule has 0 aliphatic heterocycles. The molecule has 1 radical (unpaired) electrons. The molecule has 0 atom stereocenters. The van der Waals surface area contributed by atoms with Gasteiger partial charge < -0.3 is 4.98 Å². The van der Waals surface area contributed by atoms with Gasteiger partial charge in [0.2, 0.25) is 0 Å². The van der Waals surface area contributed by atoms with Crippen LogP contribution in [0.1, 0.15) is 31.3 Å². The van der Waals surface area contributed by atoms with Crippen LogP contribution in [0.4, 0.5) is 0 Å². The van der Waals surface area contributed by atoms with Crippen molar-refractivity contribution in [3.05, 3.63) is 22.1 Å². The number of nitrogens with one attached hydrogen (secondary N) is 1. The average molecular weight is 263 g/mol. The molecule has 0 aliphatic carbocycles. The van der Waals surface area contributed by atoms with Gasteiger partial charge in [0.1, 0.15) is 9.53 Å². The second-order valence-corrected chi connectivity index (χ2v) is 3.58. The lowest BCUT2D eigenvalue weighted by molar-refractivity contribution is 0.761. The van der Waals surface area contributed by atoms with Gasteiger partial charge in [0.15, 0.2) is 0 Å². The first-order valence-corrected chi connectivity index (χ1v) is 4.88. The summed E-state index contributed by atoms with van der Waals surface area (Å²) in [6.07, 6.45) is 3.45. The molecule has 0 unspecified atom stereocenters. The molecule has 1 rings (SSSR count). The molecule has 1 aromatic rings. The summed E-state index contributed by atoms with van der Waals surface area (Å²) in [4.78, 5) is 7.47. The van der Waals surface area contributed by atoms with Crippen molar-refractivity contribution in [1.29, 1.82) is 0 Å². The maximum atomic E-state index is 4.32. The fraction of sp³-hybridized carbons (Fsp3) is 0.500. The number of hydrogen-bond acceptors (Lipinski definition) is 1. The highest BCUT2D eigenvalue weighted by atomic mass is 127. The number of aryl methyl sites for hydroxylation is 1. The molecule has 11 heavy (non-hydrogen) atoms. The minimum Gasteiger partial charge on any atom is -0.345 e. The van der Waals surface area contributed by atoms with Crippen molar-refractivity contribution >= 4 is 22.6 Å². The Labute approximate surface area is 80.9 Å². The maximum Gasteiger partial charge on any atom is 0.122 e. The number of halogens is 1. The van der Waals surface area contributed by atoms with Gasteiger partial charge in [-0.3, -0.25) is 0 Å². The Morgan fingerprint density at radius 2 is 2.36 bits per heavy atom. The van der Waals surface area contributed by atoms with Crippen LogP contribution in [0.3, 0.4) is 0 Å². The second kappa shape index (κ2) is 4.09. The summed E-state index contributed by atoms with van der Waals surface area (Å²) < 4.78 is 0.994. The summed E-state index contributed by atoms with van der Waals surface area (Å²) in [5.74, 6) is 1.07. The Morgan fingerprint density at radius 1 is 1.64 bits per heavy atom. The normalized spacial score (nSPS) is 10.5. The molecule has 0 aromatic carbocycles. The molecule has 2 nitrogen and oxygen atoms in total. The van der Waals surface area contributed by atoms with Gasteiger partial charge in [-0.15, -0.1) is 0 Å². The summed E-state index contributed by atoms with van der Waals surface area (Å²) in [5, 5.41) is 0. The van der Waals surface area contributed by atoms with E-state index in [1.165, 1.54) is 12.8 Å². The fourth-order valence-corrected chi connectivity index (χ4v) is 1.33. The number of unbranched alkanes of at least 4 members (excludes halogenated alkanes) is 1. The zero-order chi connectivity index (χ0) is 8.27. The maximum absolute atomic E-state index is 4.32.